The fourth-order valence-corrected chi connectivity index (χ4v) is 3.30. The highest BCUT2D eigenvalue weighted by molar-refractivity contribution is 6.30. The number of amides is 1. The number of nitrogens with one attached hydrogen (secondary N) is 2. The number of rotatable bonds is 6. The molecule has 0 aliphatic rings. The standard InChI is InChI=1S/C23H19ClN4O4/c1-23(25,14-7-5-13(6-8-14)21(30)31)28-20(29)17-3-2-4-18-19(17)32-22(27-18)26-16-11-9-15(24)10-12-16/h2-12H,25H2,1H3,(H,26,27)(H,28,29)(H,30,31). The number of carbonyl (C=O) groups is 2. The summed E-state index contributed by atoms with van der Waals surface area (Å²) < 4.78 is 5.79. The van der Waals surface area contributed by atoms with Gasteiger partial charge in [-0.2, -0.15) is 4.98 Å². The predicted octanol–water partition coefficient (Wildman–Crippen LogP) is 4.48. The van der Waals surface area contributed by atoms with E-state index in [-0.39, 0.29) is 17.1 Å². The van der Waals surface area contributed by atoms with Gasteiger partial charge >= 0.3 is 5.97 Å². The third-order valence-electron chi connectivity index (χ3n) is 4.86. The van der Waals surface area contributed by atoms with Crippen LogP contribution in [0.1, 0.15) is 33.2 Å². The number of nitrogens with two attached hydrogens (primary N) is 1. The molecule has 1 aromatic heterocycles. The number of oxazole rings is 1. The van der Waals surface area contributed by atoms with Gasteiger partial charge in [0.05, 0.1) is 11.1 Å². The highest BCUT2D eigenvalue weighted by Crippen LogP contribution is 2.26. The maximum Gasteiger partial charge on any atom is 0.335 e. The average molecular weight is 451 g/mol. The van der Waals surface area contributed by atoms with Crippen LogP contribution in [0, 0.1) is 0 Å². The molecule has 1 heterocycles. The summed E-state index contributed by atoms with van der Waals surface area (Å²) in [5.41, 5.74) is 7.54. The third kappa shape index (κ3) is 4.41. The minimum Gasteiger partial charge on any atom is -0.478 e. The summed E-state index contributed by atoms with van der Waals surface area (Å²) in [6.45, 7) is 1.62. The smallest absolute Gasteiger partial charge is 0.335 e. The molecule has 0 aliphatic carbocycles. The third-order valence-corrected chi connectivity index (χ3v) is 5.11. The lowest BCUT2D eigenvalue weighted by Crippen LogP contribution is -2.50. The second kappa shape index (κ2) is 8.33. The SMILES string of the molecule is CC(N)(NC(=O)c1cccc2nc(Nc3ccc(Cl)cc3)oc12)c1ccc(C(=O)O)cc1. The van der Waals surface area contributed by atoms with Crippen molar-refractivity contribution < 1.29 is 19.1 Å². The second-order valence-electron chi connectivity index (χ2n) is 7.34. The van der Waals surface area contributed by atoms with Crippen molar-refractivity contribution in [3.63, 3.8) is 0 Å². The second-order valence-corrected chi connectivity index (χ2v) is 7.78. The molecule has 0 aliphatic heterocycles. The van der Waals surface area contributed by atoms with Gasteiger partial charge in [0.1, 0.15) is 11.2 Å². The van der Waals surface area contributed by atoms with Crippen LogP contribution in [0.25, 0.3) is 11.1 Å². The van der Waals surface area contributed by atoms with E-state index >= 15 is 0 Å². The number of para-hydroxylation sites is 1. The molecule has 9 heteroatoms. The molecule has 0 bridgehead atoms. The van der Waals surface area contributed by atoms with Crippen molar-refractivity contribution in [2.75, 3.05) is 5.32 Å². The maximum absolute atomic E-state index is 13.0. The number of carbonyl (C=O) groups excluding carboxylic acids is 1. The summed E-state index contributed by atoms with van der Waals surface area (Å²) in [7, 11) is 0. The van der Waals surface area contributed by atoms with Gasteiger partial charge in [0.25, 0.3) is 11.9 Å². The normalized spacial score (nSPS) is 12.8. The minimum atomic E-state index is -1.25. The predicted molar refractivity (Wildman–Crippen MR) is 121 cm³/mol. The molecule has 0 spiro atoms. The van der Waals surface area contributed by atoms with Gasteiger partial charge in [-0.25, -0.2) is 4.79 Å². The van der Waals surface area contributed by atoms with E-state index in [1.54, 1.807) is 61.5 Å². The summed E-state index contributed by atoms with van der Waals surface area (Å²) in [6, 6.07) is 18.3. The van der Waals surface area contributed by atoms with Crippen molar-refractivity contribution in [3.05, 3.63) is 88.4 Å². The van der Waals surface area contributed by atoms with Gasteiger partial charge in [-0.05, 0) is 61.0 Å². The molecule has 1 amide bonds. The molecule has 0 saturated carbocycles. The van der Waals surface area contributed by atoms with E-state index in [1.807, 2.05) is 0 Å². The lowest BCUT2D eigenvalue weighted by molar-refractivity contribution is 0.0696. The average Bonchev–Trinajstić information content (AvgIpc) is 3.17. The Morgan fingerprint density at radius 2 is 1.75 bits per heavy atom. The number of benzene rings is 3. The van der Waals surface area contributed by atoms with Crippen LogP contribution >= 0.6 is 11.6 Å². The van der Waals surface area contributed by atoms with Gasteiger partial charge < -0.3 is 25.9 Å². The van der Waals surface area contributed by atoms with E-state index in [0.29, 0.717) is 21.7 Å². The summed E-state index contributed by atoms with van der Waals surface area (Å²) in [5.74, 6) is -1.50. The molecule has 162 valence electrons. The first-order valence-electron chi connectivity index (χ1n) is 9.60. The number of nitrogens with zero attached hydrogens (tertiary/aromatic N) is 1. The molecule has 0 saturated heterocycles. The minimum absolute atomic E-state index is 0.128. The number of hydrogen-bond acceptors (Lipinski definition) is 6. The van der Waals surface area contributed by atoms with Crippen LogP contribution in [0.5, 0.6) is 0 Å². The zero-order chi connectivity index (χ0) is 22.9. The quantitative estimate of drug-likeness (QED) is 0.318. The molecular formula is C23H19ClN4O4. The van der Waals surface area contributed by atoms with Crippen molar-refractivity contribution in [3.8, 4) is 0 Å². The fourth-order valence-electron chi connectivity index (χ4n) is 3.17. The van der Waals surface area contributed by atoms with Crippen LogP contribution in [-0.2, 0) is 5.66 Å². The van der Waals surface area contributed by atoms with E-state index in [2.05, 4.69) is 15.6 Å². The van der Waals surface area contributed by atoms with Crippen LogP contribution in [0.2, 0.25) is 5.02 Å². The molecular weight excluding hydrogens is 432 g/mol. The molecule has 32 heavy (non-hydrogen) atoms. The fraction of sp³-hybridized carbons (Fsp3) is 0.0870. The molecule has 5 N–H and O–H groups in total. The van der Waals surface area contributed by atoms with E-state index in [1.165, 1.54) is 12.1 Å². The van der Waals surface area contributed by atoms with E-state index in [0.717, 1.165) is 5.69 Å². The van der Waals surface area contributed by atoms with Gasteiger partial charge in [0.15, 0.2) is 5.58 Å². The van der Waals surface area contributed by atoms with E-state index in [4.69, 9.17) is 26.9 Å². The number of anilines is 2. The molecule has 1 unspecified atom stereocenters. The summed E-state index contributed by atoms with van der Waals surface area (Å²) in [5, 5.41) is 15.5. The Hall–Kier alpha value is -3.88. The number of carboxylic acids is 1. The summed E-state index contributed by atoms with van der Waals surface area (Å²) in [4.78, 5) is 28.4. The van der Waals surface area contributed by atoms with Crippen molar-refractivity contribution in [1.29, 1.82) is 0 Å². The first kappa shape index (κ1) is 21.4. The Balaban J connectivity index is 1.58. The Morgan fingerprint density at radius 3 is 2.41 bits per heavy atom. The van der Waals surface area contributed by atoms with Crippen LogP contribution in [0.4, 0.5) is 11.7 Å². The zero-order valence-corrected chi connectivity index (χ0v) is 17.7. The Kier molecular flexibility index (Phi) is 5.56. The number of halogens is 1. The van der Waals surface area contributed by atoms with Crippen LogP contribution in [0.15, 0.2) is 71.1 Å². The van der Waals surface area contributed by atoms with Gasteiger partial charge in [0.2, 0.25) is 0 Å². The Labute approximate surface area is 188 Å². The molecule has 8 nitrogen and oxygen atoms in total. The lowest BCUT2D eigenvalue weighted by Gasteiger charge is -2.27. The Morgan fingerprint density at radius 1 is 1.06 bits per heavy atom. The first-order chi connectivity index (χ1) is 15.2. The molecule has 4 aromatic rings. The number of hydrogen-bond donors (Lipinski definition) is 4. The molecule has 1 atom stereocenters. The van der Waals surface area contributed by atoms with Gasteiger partial charge in [-0.1, -0.05) is 29.8 Å². The van der Waals surface area contributed by atoms with Crippen LogP contribution < -0.4 is 16.4 Å². The topological polar surface area (TPSA) is 130 Å². The van der Waals surface area contributed by atoms with Crippen molar-refractivity contribution >= 4 is 46.3 Å². The van der Waals surface area contributed by atoms with Gasteiger partial charge in [-0.3, -0.25) is 4.79 Å². The largest absolute Gasteiger partial charge is 0.478 e. The lowest BCUT2D eigenvalue weighted by atomic mass is 10.00. The zero-order valence-electron chi connectivity index (χ0n) is 16.9. The number of carboxylic acid groups (broad SMARTS) is 1. The Bertz CT molecular complexity index is 1300. The monoisotopic (exact) mass is 450 g/mol. The van der Waals surface area contributed by atoms with Crippen LogP contribution in [0.3, 0.4) is 0 Å². The van der Waals surface area contributed by atoms with Crippen molar-refractivity contribution in [1.82, 2.24) is 10.3 Å². The van der Waals surface area contributed by atoms with E-state index in [9.17, 15) is 9.59 Å². The number of aromatic carboxylic acids is 1. The number of aromatic nitrogens is 1. The first-order valence-corrected chi connectivity index (χ1v) is 9.98. The van der Waals surface area contributed by atoms with Crippen molar-refractivity contribution in [2.45, 2.75) is 12.6 Å². The highest BCUT2D eigenvalue weighted by atomic mass is 35.5. The van der Waals surface area contributed by atoms with Gasteiger partial charge in [0, 0.05) is 10.7 Å². The summed E-state index contributed by atoms with van der Waals surface area (Å²) in [6.07, 6.45) is 0. The molecule has 3 aromatic carbocycles. The maximum atomic E-state index is 13.0. The number of fused-ring (bicyclic) bond motifs is 1. The molecule has 4 rings (SSSR count). The molecule has 0 fully saturated rings. The van der Waals surface area contributed by atoms with Gasteiger partial charge in [-0.15, -0.1) is 0 Å². The van der Waals surface area contributed by atoms with E-state index < -0.39 is 17.5 Å². The highest BCUT2D eigenvalue weighted by Gasteiger charge is 2.26. The summed E-state index contributed by atoms with van der Waals surface area (Å²) >= 11 is 5.91. The molecule has 0 radical (unpaired) electrons. The van der Waals surface area contributed by atoms with Crippen molar-refractivity contribution in [2.24, 2.45) is 5.73 Å². The van der Waals surface area contributed by atoms with Crippen LogP contribution in [-0.4, -0.2) is 22.0 Å².